The third-order valence-electron chi connectivity index (χ3n) is 5.25. The summed E-state index contributed by atoms with van der Waals surface area (Å²) in [6.07, 6.45) is 0. The van der Waals surface area contributed by atoms with Crippen LogP contribution in [0.2, 0.25) is 0 Å². The van der Waals surface area contributed by atoms with Gasteiger partial charge in [-0.15, -0.1) is 0 Å². The van der Waals surface area contributed by atoms with Crippen LogP contribution in [0.15, 0.2) is 54.6 Å². The molecule has 0 atom stereocenters. The number of methoxy groups -OCH3 is 1. The molecule has 3 rings (SSSR count). The topological polar surface area (TPSA) is 103 Å². The van der Waals surface area contributed by atoms with Crippen LogP contribution in [0, 0.1) is 13.8 Å². The maximum absolute atomic E-state index is 12.7. The van der Waals surface area contributed by atoms with Crippen molar-refractivity contribution in [2.75, 3.05) is 32.6 Å². The predicted molar refractivity (Wildman–Crippen MR) is 127 cm³/mol. The van der Waals surface area contributed by atoms with E-state index in [-0.39, 0.29) is 12.5 Å². The second-order valence-electron chi connectivity index (χ2n) is 7.80. The summed E-state index contributed by atoms with van der Waals surface area (Å²) in [6.45, 7) is 3.36. The van der Waals surface area contributed by atoms with E-state index in [2.05, 4.69) is 10.4 Å². The highest BCUT2D eigenvalue weighted by atomic mass is 16.5. The number of carbonyl (C=O) groups is 3. The Labute approximate surface area is 198 Å². The number of hydrogen-bond acceptors (Lipinski definition) is 6. The first-order chi connectivity index (χ1) is 16.3. The lowest BCUT2D eigenvalue weighted by molar-refractivity contribution is -0.136. The fraction of sp³-hybridized carbons (Fsp3) is 0.280. The Hall–Kier alpha value is -4.14. The number of likely N-dealkylation sites (N-methyl/N-ethyl adjacent to an activating group) is 1. The quantitative estimate of drug-likeness (QED) is 0.489. The Morgan fingerprint density at radius 2 is 1.79 bits per heavy atom. The van der Waals surface area contributed by atoms with E-state index in [0.29, 0.717) is 34.9 Å². The minimum atomic E-state index is -0.628. The van der Waals surface area contributed by atoms with Crippen LogP contribution in [-0.2, 0) is 20.9 Å². The molecule has 0 radical (unpaired) electrons. The Bertz CT molecular complexity index is 1170. The number of esters is 1. The van der Waals surface area contributed by atoms with Gasteiger partial charge in [0.05, 0.1) is 31.6 Å². The molecule has 0 aliphatic heterocycles. The van der Waals surface area contributed by atoms with Crippen molar-refractivity contribution in [3.05, 3.63) is 77.1 Å². The third kappa shape index (κ3) is 6.22. The zero-order chi connectivity index (χ0) is 24.7. The summed E-state index contributed by atoms with van der Waals surface area (Å²) in [5.74, 6) is -0.908. The van der Waals surface area contributed by atoms with Crippen LogP contribution in [0.25, 0.3) is 0 Å². The molecule has 0 saturated heterocycles. The van der Waals surface area contributed by atoms with Gasteiger partial charge in [0.1, 0.15) is 11.3 Å². The van der Waals surface area contributed by atoms with Crippen molar-refractivity contribution >= 4 is 23.5 Å². The van der Waals surface area contributed by atoms with Gasteiger partial charge in [0.25, 0.3) is 5.91 Å². The van der Waals surface area contributed by atoms with Crippen molar-refractivity contribution < 1.29 is 23.9 Å². The largest absolute Gasteiger partial charge is 0.497 e. The molecule has 178 valence electrons. The standard InChI is InChI=1S/C25H28N4O5/c1-17-24(18(2)29(27-17)14-19-9-6-5-7-10-19)25(32)34-16-23(31)28(3)15-22(30)26-20-11-8-12-21(13-20)33-4/h5-13H,14-16H2,1-4H3,(H,26,30). The maximum atomic E-state index is 12.7. The normalized spacial score (nSPS) is 10.5. The van der Waals surface area contributed by atoms with Gasteiger partial charge in [-0.3, -0.25) is 14.3 Å². The third-order valence-corrected chi connectivity index (χ3v) is 5.25. The van der Waals surface area contributed by atoms with Gasteiger partial charge in [0, 0.05) is 18.8 Å². The summed E-state index contributed by atoms with van der Waals surface area (Å²) in [4.78, 5) is 38.5. The summed E-state index contributed by atoms with van der Waals surface area (Å²) in [7, 11) is 3.00. The molecule has 9 heteroatoms. The molecule has 1 N–H and O–H groups in total. The molecule has 9 nitrogen and oxygen atoms in total. The average molecular weight is 465 g/mol. The van der Waals surface area contributed by atoms with Crippen LogP contribution in [0.4, 0.5) is 5.69 Å². The number of aryl methyl sites for hydroxylation is 1. The number of nitrogens with one attached hydrogen (secondary N) is 1. The molecule has 2 aromatic carbocycles. The van der Waals surface area contributed by atoms with E-state index in [4.69, 9.17) is 9.47 Å². The van der Waals surface area contributed by atoms with Crippen molar-refractivity contribution in [3.63, 3.8) is 0 Å². The number of anilines is 1. The molecular weight excluding hydrogens is 436 g/mol. The molecule has 0 saturated carbocycles. The van der Waals surface area contributed by atoms with Gasteiger partial charge in [0.2, 0.25) is 5.91 Å². The number of nitrogens with zero attached hydrogens (tertiary/aromatic N) is 3. The van der Waals surface area contributed by atoms with Gasteiger partial charge >= 0.3 is 5.97 Å². The van der Waals surface area contributed by atoms with E-state index in [0.717, 1.165) is 5.56 Å². The second kappa shape index (κ2) is 11.1. The summed E-state index contributed by atoms with van der Waals surface area (Å²) in [5.41, 5.74) is 3.12. The lowest BCUT2D eigenvalue weighted by atomic mass is 10.2. The van der Waals surface area contributed by atoms with Crippen LogP contribution in [-0.4, -0.2) is 59.8 Å². The Morgan fingerprint density at radius 1 is 1.06 bits per heavy atom. The molecule has 1 heterocycles. The van der Waals surface area contributed by atoms with Gasteiger partial charge in [-0.25, -0.2) is 4.79 Å². The molecule has 34 heavy (non-hydrogen) atoms. The van der Waals surface area contributed by atoms with Crippen LogP contribution in [0.3, 0.4) is 0 Å². The molecule has 3 aromatic rings. The molecule has 0 spiro atoms. The Morgan fingerprint density at radius 3 is 2.50 bits per heavy atom. The predicted octanol–water partition coefficient (Wildman–Crippen LogP) is 2.81. The van der Waals surface area contributed by atoms with Crippen LogP contribution >= 0.6 is 0 Å². The number of aromatic nitrogens is 2. The van der Waals surface area contributed by atoms with Crippen LogP contribution < -0.4 is 10.1 Å². The van der Waals surface area contributed by atoms with E-state index in [1.165, 1.54) is 19.1 Å². The smallest absolute Gasteiger partial charge is 0.342 e. The van der Waals surface area contributed by atoms with Crippen molar-refractivity contribution in [2.24, 2.45) is 0 Å². The Kier molecular flexibility index (Phi) is 8.02. The first kappa shape index (κ1) is 24.5. The summed E-state index contributed by atoms with van der Waals surface area (Å²) in [5, 5.41) is 7.14. The van der Waals surface area contributed by atoms with Gasteiger partial charge in [-0.2, -0.15) is 5.10 Å². The average Bonchev–Trinajstić information content (AvgIpc) is 3.10. The minimum absolute atomic E-state index is 0.194. The molecule has 0 fully saturated rings. The first-order valence-electron chi connectivity index (χ1n) is 10.7. The van der Waals surface area contributed by atoms with Crippen molar-refractivity contribution in [3.8, 4) is 5.75 Å². The van der Waals surface area contributed by atoms with E-state index >= 15 is 0 Å². The van der Waals surface area contributed by atoms with Crippen molar-refractivity contribution in [1.82, 2.24) is 14.7 Å². The zero-order valence-electron chi connectivity index (χ0n) is 19.7. The number of rotatable bonds is 9. The molecule has 0 unspecified atom stereocenters. The Balaban J connectivity index is 1.54. The molecule has 0 aliphatic carbocycles. The highest BCUT2D eigenvalue weighted by Crippen LogP contribution is 2.17. The first-order valence-corrected chi connectivity index (χ1v) is 10.7. The van der Waals surface area contributed by atoms with E-state index in [1.54, 1.807) is 42.8 Å². The molecule has 0 aliphatic rings. The SMILES string of the molecule is COc1cccc(NC(=O)CN(C)C(=O)COC(=O)c2c(C)nn(Cc3ccccc3)c2C)c1. The van der Waals surface area contributed by atoms with Crippen molar-refractivity contribution in [2.45, 2.75) is 20.4 Å². The number of carbonyl (C=O) groups excluding carboxylic acids is 3. The fourth-order valence-electron chi connectivity index (χ4n) is 3.42. The minimum Gasteiger partial charge on any atom is -0.497 e. The van der Waals surface area contributed by atoms with E-state index in [9.17, 15) is 14.4 Å². The number of hydrogen-bond donors (Lipinski definition) is 1. The second-order valence-corrected chi connectivity index (χ2v) is 7.80. The summed E-state index contributed by atoms with van der Waals surface area (Å²) >= 11 is 0. The maximum Gasteiger partial charge on any atom is 0.342 e. The van der Waals surface area contributed by atoms with E-state index < -0.39 is 18.5 Å². The molecular formula is C25H28N4O5. The van der Waals surface area contributed by atoms with Gasteiger partial charge in [-0.05, 0) is 31.5 Å². The van der Waals surface area contributed by atoms with Gasteiger partial charge in [-0.1, -0.05) is 36.4 Å². The molecule has 0 bridgehead atoms. The number of ether oxygens (including phenoxy) is 2. The summed E-state index contributed by atoms with van der Waals surface area (Å²) in [6, 6.07) is 16.7. The van der Waals surface area contributed by atoms with Gasteiger partial charge < -0.3 is 19.7 Å². The van der Waals surface area contributed by atoms with Crippen LogP contribution in [0.1, 0.15) is 27.3 Å². The molecule has 1 aromatic heterocycles. The highest BCUT2D eigenvalue weighted by Gasteiger charge is 2.22. The highest BCUT2D eigenvalue weighted by molar-refractivity contribution is 5.96. The van der Waals surface area contributed by atoms with Crippen LogP contribution in [0.5, 0.6) is 5.75 Å². The fourth-order valence-corrected chi connectivity index (χ4v) is 3.42. The molecule has 2 amide bonds. The summed E-state index contributed by atoms with van der Waals surface area (Å²) < 4.78 is 12.1. The van der Waals surface area contributed by atoms with Gasteiger partial charge in [0.15, 0.2) is 6.61 Å². The lowest BCUT2D eigenvalue weighted by Crippen LogP contribution is -2.37. The lowest BCUT2D eigenvalue weighted by Gasteiger charge is -2.17. The number of benzene rings is 2. The zero-order valence-corrected chi connectivity index (χ0v) is 19.7. The van der Waals surface area contributed by atoms with E-state index in [1.807, 2.05) is 30.3 Å². The van der Waals surface area contributed by atoms with Crippen molar-refractivity contribution in [1.29, 1.82) is 0 Å². The number of amides is 2. The monoisotopic (exact) mass is 464 g/mol.